The number of piperidine rings is 1. The van der Waals surface area contributed by atoms with E-state index in [9.17, 15) is 4.39 Å². The fourth-order valence-corrected chi connectivity index (χ4v) is 2.96. The average molecular weight is 286 g/mol. The topological polar surface area (TPSA) is 3.24 Å². The number of hydrogen-bond donors (Lipinski definition) is 0. The Labute approximate surface area is 105 Å². The zero-order chi connectivity index (χ0) is 11.5. The highest BCUT2D eigenvalue weighted by Crippen LogP contribution is 2.30. The molecule has 1 saturated heterocycles. The van der Waals surface area contributed by atoms with Crippen LogP contribution in [-0.4, -0.2) is 12.6 Å². The smallest absolute Gasteiger partial charge is 0.129 e. The van der Waals surface area contributed by atoms with Crippen molar-refractivity contribution in [3.05, 3.63) is 29.6 Å². The molecule has 16 heavy (non-hydrogen) atoms. The highest BCUT2D eigenvalue weighted by molar-refractivity contribution is 9.08. The quantitative estimate of drug-likeness (QED) is 0.740. The Morgan fingerprint density at radius 3 is 2.94 bits per heavy atom. The minimum Gasteiger partial charge on any atom is -0.368 e. The van der Waals surface area contributed by atoms with Gasteiger partial charge in [-0.15, -0.1) is 0 Å². The largest absolute Gasteiger partial charge is 0.368 e. The summed E-state index contributed by atoms with van der Waals surface area (Å²) >= 11 is 3.38. The van der Waals surface area contributed by atoms with Gasteiger partial charge in [0.15, 0.2) is 0 Å². The van der Waals surface area contributed by atoms with Crippen molar-refractivity contribution >= 4 is 21.6 Å². The third-order valence-electron chi connectivity index (χ3n) is 3.34. The molecule has 1 aliphatic rings. The molecule has 0 N–H and O–H groups in total. The first-order valence-electron chi connectivity index (χ1n) is 5.84. The van der Waals surface area contributed by atoms with E-state index in [-0.39, 0.29) is 5.82 Å². The maximum Gasteiger partial charge on any atom is 0.129 e. The third kappa shape index (κ3) is 2.24. The molecule has 0 aliphatic carbocycles. The van der Waals surface area contributed by atoms with Crippen molar-refractivity contribution in [3.8, 4) is 0 Å². The summed E-state index contributed by atoms with van der Waals surface area (Å²) < 4.78 is 13.7. The minimum atomic E-state index is -0.104. The molecule has 1 heterocycles. The summed E-state index contributed by atoms with van der Waals surface area (Å²) in [4.78, 5) is 2.34. The van der Waals surface area contributed by atoms with E-state index in [1.54, 1.807) is 6.07 Å². The number of anilines is 1. The molecule has 1 aromatic rings. The SMILES string of the molecule is CC1CCCCN1c1cccc(F)c1CBr. The predicted octanol–water partition coefficient (Wildman–Crippen LogP) is 4.10. The lowest BCUT2D eigenvalue weighted by Crippen LogP contribution is -2.38. The van der Waals surface area contributed by atoms with Gasteiger partial charge in [0.05, 0.1) is 0 Å². The van der Waals surface area contributed by atoms with Crippen LogP contribution in [0.3, 0.4) is 0 Å². The van der Waals surface area contributed by atoms with Crippen molar-refractivity contribution in [2.24, 2.45) is 0 Å². The molecule has 0 aromatic heterocycles. The lowest BCUT2D eigenvalue weighted by molar-refractivity contribution is 0.482. The monoisotopic (exact) mass is 285 g/mol. The Bertz CT molecular complexity index is 367. The predicted molar refractivity (Wildman–Crippen MR) is 69.7 cm³/mol. The molecule has 0 bridgehead atoms. The molecular weight excluding hydrogens is 269 g/mol. The number of rotatable bonds is 2. The molecule has 0 saturated carbocycles. The fourth-order valence-electron chi connectivity index (χ4n) is 2.40. The molecule has 3 heteroatoms. The van der Waals surface area contributed by atoms with Crippen molar-refractivity contribution in [1.29, 1.82) is 0 Å². The van der Waals surface area contributed by atoms with E-state index in [1.807, 2.05) is 6.07 Å². The number of alkyl halides is 1. The van der Waals surface area contributed by atoms with Crippen molar-refractivity contribution in [3.63, 3.8) is 0 Å². The van der Waals surface area contributed by atoms with Gasteiger partial charge in [-0.25, -0.2) is 4.39 Å². The first-order chi connectivity index (χ1) is 7.74. The Hall–Kier alpha value is -0.570. The molecule has 1 aromatic carbocycles. The van der Waals surface area contributed by atoms with Gasteiger partial charge in [-0.2, -0.15) is 0 Å². The lowest BCUT2D eigenvalue weighted by atomic mass is 10.0. The highest BCUT2D eigenvalue weighted by Gasteiger charge is 2.21. The van der Waals surface area contributed by atoms with Gasteiger partial charge in [0.1, 0.15) is 5.82 Å². The van der Waals surface area contributed by atoms with Gasteiger partial charge in [0.25, 0.3) is 0 Å². The van der Waals surface area contributed by atoms with E-state index >= 15 is 0 Å². The van der Waals surface area contributed by atoms with Gasteiger partial charge >= 0.3 is 0 Å². The summed E-state index contributed by atoms with van der Waals surface area (Å²) in [5, 5.41) is 0.582. The second kappa shape index (κ2) is 5.17. The molecule has 2 rings (SSSR count). The zero-order valence-corrected chi connectivity index (χ0v) is 11.1. The van der Waals surface area contributed by atoms with Crippen LogP contribution in [0.5, 0.6) is 0 Å². The molecule has 0 spiro atoms. The van der Waals surface area contributed by atoms with Crippen LogP contribution in [0.25, 0.3) is 0 Å². The molecule has 88 valence electrons. The van der Waals surface area contributed by atoms with E-state index in [4.69, 9.17) is 0 Å². The summed E-state index contributed by atoms with van der Waals surface area (Å²) in [5.74, 6) is -0.104. The first kappa shape index (κ1) is 11.9. The van der Waals surface area contributed by atoms with Crippen LogP contribution in [0.15, 0.2) is 18.2 Å². The van der Waals surface area contributed by atoms with Crippen molar-refractivity contribution in [2.75, 3.05) is 11.4 Å². The van der Waals surface area contributed by atoms with E-state index in [0.29, 0.717) is 11.4 Å². The maximum atomic E-state index is 13.7. The zero-order valence-electron chi connectivity index (χ0n) is 9.55. The molecule has 1 atom stereocenters. The number of hydrogen-bond acceptors (Lipinski definition) is 1. The summed E-state index contributed by atoms with van der Waals surface area (Å²) in [6, 6.07) is 5.89. The van der Waals surface area contributed by atoms with Crippen LogP contribution < -0.4 is 4.90 Å². The summed E-state index contributed by atoms with van der Waals surface area (Å²) in [6.07, 6.45) is 3.71. The van der Waals surface area contributed by atoms with E-state index in [1.165, 1.54) is 25.3 Å². The van der Waals surface area contributed by atoms with Crippen LogP contribution in [0.1, 0.15) is 31.7 Å². The van der Waals surface area contributed by atoms with E-state index < -0.39 is 0 Å². The summed E-state index contributed by atoms with van der Waals surface area (Å²) in [7, 11) is 0. The molecule has 1 fully saturated rings. The lowest BCUT2D eigenvalue weighted by Gasteiger charge is -2.36. The molecule has 0 radical (unpaired) electrons. The van der Waals surface area contributed by atoms with Gasteiger partial charge in [0, 0.05) is 29.2 Å². The van der Waals surface area contributed by atoms with Gasteiger partial charge < -0.3 is 4.90 Å². The maximum absolute atomic E-state index is 13.7. The van der Waals surface area contributed by atoms with Crippen molar-refractivity contribution in [1.82, 2.24) is 0 Å². The Balaban J connectivity index is 2.34. The first-order valence-corrected chi connectivity index (χ1v) is 6.96. The van der Waals surface area contributed by atoms with Crippen LogP contribution >= 0.6 is 15.9 Å². The Morgan fingerprint density at radius 1 is 1.44 bits per heavy atom. The molecule has 0 amide bonds. The van der Waals surface area contributed by atoms with E-state index in [0.717, 1.165) is 17.8 Å². The molecule has 1 unspecified atom stereocenters. The van der Waals surface area contributed by atoms with Gasteiger partial charge in [-0.05, 0) is 38.3 Å². The summed E-state index contributed by atoms with van der Waals surface area (Å²) in [5.41, 5.74) is 1.85. The molecular formula is C13H17BrFN. The summed E-state index contributed by atoms with van der Waals surface area (Å²) in [6.45, 7) is 3.27. The Kier molecular flexibility index (Phi) is 3.85. The van der Waals surface area contributed by atoms with Crippen LogP contribution in [0, 0.1) is 5.82 Å². The highest BCUT2D eigenvalue weighted by atomic mass is 79.9. The number of halogens is 2. The molecule has 1 aliphatic heterocycles. The second-order valence-electron chi connectivity index (χ2n) is 4.41. The average Bonchev–Trinajstić information content (AvgIpc) is 2.29. The van der Waals surface area contributed by atoms with Crippen LogP contribution in [0.2, 0.25) is 0 Å². The van der Waals surface area contributed by atoms with Crippen LogP contribution in [0.4, 0.5) is 10.1 Å². The van der Waals surface area contributed by atoms with Crippen molar-refractivity contribution < 1.29 is 4.39 Å². The normalized spacial score (nSPS) is 21.2. The molecule has 1 nitrogen and oxygen atoms in total. The van der Waals surface area contributed by atoms with Gasteiger partial charge in [-0.3, -0.25) is 0 Å². The van der Waals surface area contributed by atoms with Crippen molar-refractivity contribution in [2.45, 2.75) is 37.6 Å². The second-order valence-corrected chi connectivity index (χ2v) is 4.97. The van der Waals surface area contributed by atoms with Gasteiger partial charge in [0.2, 0.25) is 0 Å². The standard InChI is InChI=1S/C13H17BrFN/c1-10-5-2-3-8-16(10)13-7-4-6-12(15)11(13)9-14/h4,6-7,10H,2-3,5,8-9H2,1H3. The Morgan fingerprint density at radius 2 is 2.25 bits per heavy atom. The fraction of sp³-hybridized carbons (Fsp3) is 0.538. The minimum absolute atomic E-state index is 0.104. The third-order valence-corrected chi connectivity index (χ3v) is 3.90. The van der Waals surface area contributed by atoms with E-state index in [2.05, 4.69) is 27.8 Å². The van der Waals surface area contributed by atoms with Crippen LogP contribution in [-0.2, 0) is 5.33 Å². The van der Waals surface area contributed by atoms with Gasteiger partial charge in [-0.1, -0.05) is 22.0 Å². The number of benzene rings is 1. The number of nitrogens with zero attached hydrogens (tertiary/aromatic N) is 1.